The molecule has 120 valence electrons. The Morgan fingerprint density at radius 1 is 1.17 bits per heavy atom. The fourth-order valence-corrected chi connectivity index (χ4v) is 3.75. The fraction of sp³-hybridized carbons (Fsp3) is 0.176. The lowest BCUT2D eigenvalue weighted by molar-refractivity contribution is 0.421. The minimum atomic E-state index is -3.49. The molecule has 1 aliphatic rings. The third-order valence-electron chi connectivity index (χ3n) is 3.85. The maximum absolute atomic E-state index is 14.0. The molecule has 0 saturated carbocycles. The molecule has 0 fully saturated rings. The van der Waals surface area contributed by atoms with Crippen LogP contribution in [0.5, 0.6) is 5.75 Å². The van der Waals surface area contributed by atoms with Crippen molar-refractivity contribution in [1.82, 2.24) is 4.31 Å². The maximum atomic E-state index is 14.0. The normalized spacial score (nSPS) is 18.9. The Morgan fingerprint density at radius 2 is 1.91 bits per heavy atom. The molecule has 23 heavy (non-hydrogen) atoms. The highest BCUT2D eigenvalue weighted by Crippen LogP contribution is 2.37. The number of rotatable bonds is 3. The van der Waals surface area contributed by atoms with Crippen molar-refractivity contribution in [3.05, 3.63) is 71.6 Å². The van der Waals surface area contributed by atoms with Crippen LogP contribution in [0, 0.1) is 5.82 Å². The Morgan fingerprint density at radius 3 is 2.57 bits per heavy atom. The molecule has 0 aliphatic carbocycles. The number of aromatic hydroxyl groups is 1. The van der Waals surface area contributed by atoms with Crippen molar-refractivity contribution in [2.75, 3.05) is 12.8 Å². The highest BCUT2D eigenvalue weighted by atomic mass is 32.2. The van der Waals surface area contributed by atoms with Gasteiger partial charge in [-0.3, -0.25) is 0 Å². The Labute approximate surface area is 134 Å². The van der Waals surface area contributed by atoms with Crippen molar-refractivity contribution in [3.8, 4) is 5.75 Å². The second-order valence-corrected chi connectivity index (χ2v) is 7.45. The fourth-order valence-electron chi connectivity index (χ4n) is 2.78. The number of sulfonamides is 1. The van der Waals surface area contributed by atoms with E-state index >= 15 is 0 Å². The van der Waals surface area contributed by atoms with Crippen LogP contribution in [0.1, 0.15) is 17.2 Å². The van der Waals surface area contributed by atoms with E-state index in [0.717, 1.165) is 6.26 Å². The molecule has 0 bridgehead atoms. The van der Waals surface area contributed by atoms with Crippen molar-refractivity contribution in [1.29, 1.82) is 0 Å². The van der Waals surface area contributed by atoms with Crippen LogP contribution in [-0.2, 0) is 10.0 Å². The van der Waals surface area contributed by atoms with Gasteiger partial charge >= 0.3 is 0 Å². The van der Waals surface area contributed by atoms with Crippen LogP contribution in [0.15, 0.2) is 54.6 Å². The Balaban J connectivity index is 2.08. The zero-order valence-corrected chi connectivity index (χ0v) is 13.3. The first kappa shape index (κ1) is 15.7. The molecule has 0 spiro atoms. The van der Waals surface area contributed by atoms with Gasteiger partial charge in [0.25, 0.3) is 0 Å². The lowest BCUT2D eigenvalue weighted by Crippen LogP contribution is -2.30. The van der Waals surface area contributed by atoms with E-state index in [2.05, 4.69) is 0 Å². The number of hydrogen-bond donors (Lipinski definition) is 1. The van der Waals surface area contributed by atoms with Gasteiger partial charge in [-0.1, -0.05) is 36.4 Å². The molecular formula is C17H16FNO3S. The number of nitrogens with zero attached hydrogens (tertiary/aromatic N) is 1. The lowest BCUT2D eigenvalue weighted by atomic mass is 10.0. The molecule has 0 radical (unpaired) electrons. The summed E-state index contributed by atoms with van der Waals surface area (Å²) >= 11 is 0. The minimum absolute atomic E-state index is 0.0590. The second kappa shape index (κ2) is 5.79. The van der Waals surface area contributed by atoms with E-state index in [0.29, 0.717) is 16.7 Å². The van der Waals surface area contributed by atoms with Gasteiger partial charge in [0, 0.05) is 12.1 Å². The van der Waals surface area contributed by atoms with Crippen molar-refractivity contribution in [2.24, 2.45) is 0 Å². The highest BCUT2D eigenvalue weighted by Gasteiger charge is 2.33. The first-order valence-corrected chi connectivity index (χ1v) is 8.92. The molecule has 3 rings (SSSR count). The van der Waals surface area contributed by atoms with E-state index in [1.165, 1.54) is 22.5 Å². The van der Waals surface area contributed by atoms with Crippen molar-refractivity contribution >= 4 is 15.6 Å². The Hall–Kier alpha value is -2.18. The summed E-state index contributed by atoms with van der Waals surface area (Å²) in [6.07, 6.45) is 2.86. The van der Waals surface area contributed by atoms with Crippen LogP contribution in [0.2, 0.25) is 0 Å². The topological polar surface area (TPSA) is 57.6 Å². The first-order chi connectivity index (χ1) is 10.9. The molecule has 1 unspecified atom stereocenters. The number of phenolic OH excluding ortho intramolecular Hbond substituents is 1. The molecule has 2 aromatic rings. The van der Waals surface area contributed by atoms with Gasteiger partial charge < -0.3 is 5.11 Å². The van der Waals surface area contributed by atoms with Crippen LogP contribution < -0.4 is 0 Å². The standard InChI is InChI=1S/C17H16FNO3S/c1-23(21,22)19-11-13(15-7-2-3-8-16(15)18)10-17(19)12-5-4-6-14(20)9-12/h2-10,17,20H,11H2,1H3. The summed E-state index contributed by atoms with van der Waals surface area (Å²) in [5, 5.41) is 9.64. The molecule has 1 aliphatic heterocycles. The second-order valence-electron chi connectivity index (χ2n) is 5.52. The SMILES string of the molecule is CS(=O)(=O)N1CC(c2ccccc2F)=CC1c1cccc(O)c1. The van der Waals surface area contributed by atoms with Gasteiger partial charge in [0.05, 0.1) is 12.3 Å². The summed E-state index contributed by atoms with van der Waals surface area (Å²) in [6, 6.07) is 12.2. The van der Waals surface area contributed by atoms with E-state index in [9.17, 15) is 17.9 Å². The van der Waals surface area contributed by atoms with E-state index in [1.54, 1.807) is 36.4 Å². The smallest absolute Gasteiger partial charge is 0.212 e. The molecule has 0 saturated heterocycles. The molecule has 1 atom stereocenters. The van der Waals surface area contributed by atoms with Gasteiger partial charge in [-0.2, -0.15) is 4.31 Å². The predicted molar refractivity (Wildman–Crippen MR) is 86.8 cm³/mol. The van der Waals surface area contributed by atoms with Crippen LogP contribution in [-0.4, -0.2) is 30.6 Å². The number of benzene rings is 2. The average molecular weight is 333 g/mol. The minimum Gasteiger partial charge on any atom is -0.508 e. The van der Waals surface area contributed by atoms with Gasteiger partial charge in [-0.15, -0.1) is 0 Å². The van der Waals surface area contributed by atoms with Crippen LogP contribution in [0.25, 0.3) is 5.57 Å². The van der Waals surface area contributed by atoms with E-state index in [4.69, 9.17) is 0 Å². The highest BCUT2D eigenvalue weighted by molar-refractivity contribution is 7.88. The lowest BCUT2D eigenvalue weighted by Gasteiger charge is -2.22. The number of halogens is 1. The molecule has 6 heteroatoms. The molecule has 1 heterocycles. The third kappa shape index (κ3) is 3.13. The third-order valence-corrected chi connectivity index (χ3v) is 5.06. The van der Waals surface area contributed by atoms with E-state index in [1.807, 2.05) is 0 Å². The van der Waals surface area contributed by atoms with E-state index < -0.39 is 16.1 Å². The van der Waals surface area contributed by atoms with Gasteiger partial charge in [0.15, 0.2) is 0 Å². The van der Waals surface area contributed by atoms with Gasteiger partial charge in [0.2, 0.25) is 10.0 Å². The summed E-state index contributed by atoms with van der Waals surface area (Å²) in [5.74, 6) is -0.326. The summed E-state index contributed by atoms with van der Waals surface area (Å²) in [5.41, 5.74) is 1.65. The van der Waals surface area contributed by atoms with Crippen LogP contribution in [0.3, 0.4) is 0 Å². The largest absolute Gasteiger partial charge is 0.508 e. The molecule has 0 amide bonds. The van der Waals surface area contributed by atoms with Gasteiger partial charge in [-0.25, -0.2) is 12.8 Å². The predicted octanol–water partition coefficient (Wildman–Crippen LogP) is 2.93. The monoisotopic (exact) mass is 333 g/mol. The van der Waals surface area contributed by atoms with Gasteiger partial charge in [-0.05, 0) is 29.3 Å². The zero-order valence-electron chi connectivity index (χ0n) is 12.5. The van der Waals surface area contributed by atoms with Crippen molar-refractivity contribution < 1.29 is 17.9 Å². The average Bonchev–Trinajstić information content (AvgIpc) is 2.93. The quantitative estimate of drug-likeness (QED) is 0.939. The Bertz CT molecular complexity index is 877. The van der Waals surface area contributed by atoms with Crippen molar-refractivity contribution in [3.63, 3.8) is 0 Å². The first-order valence-electron chi connectivity index (χ1n) is 7.07. The van der Waals surface area contributed by atoms with Gasteiger partial charge in [0.1, 0.15) is 11.6 Å². The molecule has 4 nitrogen and oxygen atoms in total. The van der Waals surface area contributed by atoms with Crippen LogP contribution >= 0.6 is 0 Å². The van der Waals surface area contributed by atoms with Crippen LogP contribution in [0.4, 0.5) is 4.39 Å². The summed E-state index contributed by atoms with van der Waals surface area (Å²) in [4.78, 5) is 0. The summed E-state index contributed by atoms with van der Waals surface area (Å²) in [6.45, 7) is 0.0973. The zero-order chi connectivity index (χ0) is 16.6. The maximum Gasteiger partial charge on any atom is 0.212 e. The molecule has 1 N–H and O–H groups in total. The summed E-state index contributed by atoms with van der Waals surface area (Å²) in [7, 11) is -3.49. The molecule has 2 aromatic carbocycles. The van der Waals surface area contributed by atoms with E-state index in [-0.39, 0.29) is 18.1 Å². The Kier molecular flexibility index (Phi) is 3.95. The number of hydrogen-bond acceptors (Lipinski definition) is 3. The number of phenols is 1. The molecular weight excluding hydrogens is 317 g/mol. The molecule has 0 aromatic heterocycles. The summed E-state index contributed by atoms with van der Waals surface area (Å²) < 4.78 is 39.5. The van der Waals surface area contributed by atoms with Crippen molar-refractivity contribution in [2.45, 2.75) is 6.04 Å².